The van der Waals surface area contributed by atoms with Gasteiger partial charge in [-0.05, 0) is 27.8 Å². The van der Waals surface area contributed by atoms with E-state index in [0.717, 1.165) is 16.7 Å². The molecule has 0 aliphatic carbocycles. The number of amides is 3. The minimum Gasteiger partial charge on any atom is -0.477 e. The van der Waals surface area contributed by atoms with E-state index >= 15 is 0 Å². The SMILES string of the molecule is CSc1nnc(C(=O)N[C@@H](C(=O)NC2C(=O)N3C(C(=O)O)=C(CSc4nnnn4C)CS[C@H]23)c2ccccc2)c(=O)[nH]1. The molecule has 1 fully saturated rings. The van der Waals surface area contributed by atoms with E-state index in [-0.39, 0.29) is 16.6 Å². The zero-order valence-corrected chi connectivity index (χ0v) is 24.3. The number of benzene rings is 1. The quantitative estimate of drug-likeness (QED) is 0.163. The number of aromatic nitrogens is 7. The van der Waals surface area contributed by atoms with Crippen LogP contribution in [0.1, 0.15) is 22.1 Å². The monoisotopic (exact) mass is 630 g/mol. The number of rotatable bonds is 10. The van der Waals surface area contributed by atoms with Gasteiger partial charge in [0.1, 0.15) is 23.2 Å². The molecule has 2 aliphatic heterocycles. The number of H-pyrrole nitrogens is 1. The molecule has 218 valence electrons. The number of nitrogens with zero attached hydrogens (tertiary/aromatic N) is 7. The lowest BCUT2D eigenvalue weighted by molar-refractivity contribution is -0.151. The Hall–Kier alpha value is -4.23. The van der Waals surface area contributed by atoms with Gasteiger partial charge in [0.05, 0.1) is 0 Å². The van der Waals surface area contributed by atoms with Gasteiger partial charge < -0.3 is 15.7 Å². The second kappa shape index (κ2) is 12.3. The number of aromatic amines is 1. The highest BCUT2D eigenvalue weighted by atomic mass is 32.2. The van der Waals surface area contributed by atoms with Crippen LogP contribution in [0.4, 0.5) is 0 Å². The summed E-state index contributed by atoms with van der Waals surface area (Å²) in [4.78, 5) is 67.7. The summed E-state index contributed by atoms with van der Waals surface area (Å²) in [6.07, 6.45) is 1.68. The van der Waals surface area contributed by atoms with Gasteiger partial charge in [-0.1, -0.05) is 53.9 Å². The molecule has 3 atom stereocenters. The molecule has 3 aromatic rings. The van der Waals surface area contributed by atoms with E-state index in [1.54, 1.807) is 43.6 Å². The Morgan fingerprint density at radius 1 is 1.19 bits per heavy atom. The van der Waals surface area contributed by atoms with Gasteiger partial charge >= 0.3 is 5.97 Å². The van der Waals surface area contributed by atoms with E-state index in [9.17, 15) is 29.1 Å². The van der Waals surface area contributed by atoms with Crippen molar-refractivity contribution < 1.29 is 24.3 Å². The number of hydrogen-bond donors (Lipinski definition) is 4. The number of tetrazole rings is 1. The van der Waals surface area contributed by atoms with Crippen molar-refractivity contribution in [2.75, 3.05) is 17.8 Å². The van der Waals surface area contributed by atoms with E-state index in [2.05, 4.69) is 41.3 Å². The highest BCUT2D eigenvalue weighted by Gasteiger charge is 2.54. The molecule has 0 radical (unpaired) electrons. The summed E-state index contributed by atoms with van der Waals surface area (Å²) >= 11 is 3.68. The number of hydrogen-bond acceptors (Lipinski definition) is 13. The standard InChI is InChI=1S/C23H22N10O6S3/c1-32-23(29-30-31-32)42-9-11-8-41-20-14(19(37)33(20)15(11)21(38)39)25-16(34)12(10-6-4-3-5-7-10)24-17(35)13-18(36)26-22(40-2)28-27-13/h3-7,12,14,20H,8-9H2,1-2H3,(H,24,35)(H,25,34)(H,38,39)(H,26,28,36)/t12-,14?,20-/m1/s1. The minimum atomic E-state index is -1.29. The van der Waals surface area contributed by atoms with Crippen molar-refractivity contribution in [3.05, 3.63) is 63.2 Å². The molecule has 16 nitrogen and oxygen atoms in total. The topological polar surface area (TPSA) is 218 Å². The Kier molecular flexibility index (Phi) is 8.59. The highest BCUT2D eigenvalue weighted by Crippen LogP contribution is 2.41. The molecular formula is C23H22N10O6S3. The fourth-order valence-corrected chi connectivity index (χ4v) is 6.89. The van der Waals surface area contributed by atoms with Crippen molar-refractivity contribution in [3.8, 4) is 0 Å². The van der Waals surface area contributed by atoms with E-state index in [1.165, 1.54) is 28.2 Å². The first-order valence-electron chi connectivity index (χ1n) is 12.1. The predicted molar refractivity (Wildman–Crippen MR) is 150 cm³/mol. The van der Waals surface area contributed by atoms with Crippen molar-refractivity contribution in [1.29, 1.82) is 0 Å². The molecular weight excluding hydrogens is 609 g/mol. The van der Waals surface area contributed by atoms with Crippen LogP contribution < -0.4 is 16.2 Å². The van der Waals surface area contributed by atoms with Crippen LogP contribution in [0.5, 0.6) is 0 Å². The van der Waals surface area contributed by atoms with Gasteiger partial charge in [0.15, 0.2) is 5.16 Å². The molecule has 4 heterocycles. The van der Waals surface area contributed by atoms with Crippen molar-refractivity contribution in [3.63, 3.8) is 0 Å². The molecule has 19 heteroatoms. The van der Waals surface area contributed by atoms with Gasteiger partial charge in [-0.25, -0.2) is 9.48 Å². The zero-order chi connectivity index (χ0) is 30.0. The average Bonchev–Trinajstić information content (AvgIpc) is 3.41. The number of carbonyl (C=O) groups is 4. The number of β-lactam (4-membered cyclic amide) rings is 1. The fraction of sp³-hybridized carbons (Fsp3) is 0.304. The molecule has 1 saturated heterocycles. The first-order chi connectivity index (χ1) is 20.2. The molecule has 0 saturated carbocycles. The van der Waals surface area contributed by atoms with Crippen molar-refractivity contribution in [1.82, 2.24) is 50.9 Å². The first-order valence-corrected chi connectivity index (χ1v) is 15.4. The number of thioether (sulfide) groups is 3. The molecule has 2 aliphatic rings. The van der Waals surface area contributed by atoms with Gasteiger partial charge in [-0.2, -0.15) is 0 Å². The maximum Gasteiger partial charge on any atom is 0.352 e. The van der Waals surface area contributed by atoms with E-state index in [0.29, 0.717) is 22.0 Å². The average molecular weight is 631 g/mol. The maximum absolute atomic E-state index is 13.5. The molecule has 1 unspecified atom stereocenters. The number of aliphatic carboxylic acids is 1. The molecule has 2 aromatic heterocycles. The summed E-state index contributed by atoms with van der Waals surface area (Å²) in [7, 11) is 1.66. The predicted octanol–water partition coefficient (Wildman–Crippen LogP) is -0.588. The Morgan fingerprint density at radius 2 is 1.95 bits per heavy atom. The third-order valence-electron chi connectivity index (χ3n) is 6.26. The second-order valence-electron chi connectivity index (χ2n) is 8.86. The third kappa shape index (κ3) is 5.74. The molecule has 4 N–H and O–H groups in total. The van der Waals surface area contributed by atoms with Gasteiger partial charge in [0, 0.05) is 18.6 Å². The van der Waals surface area contributed by atoms with Gasteiger partial charge in [0.25, 0.3) is 17.4 Å². The molecule has 0 bridgehead atoms. The van der Waals surface area contributed by atoms with Crippen molar-refractivity contribution >= 4 is 59.0 Å². The fourth-order valence-electron chi connectivity index (χ4n) is 4.23. The van der Waals surface area contributed by atoms with Crippen LogP contribution in [-0.2, 0) is 21.4 Å². The summed E-state index contributed by atoms with van der Waals surface area (Å²) in [6.45, 7) is 0. The zero-order valence-electron chi connectivity index (χ0n) is 21.9. The van der Waals surface area contributed by atoms with Gasteiger partial charge in [-0.3, -0.25) is 29.1 Å². The molecule has 5 rings (SSSR count). The summed E-state index contributed by atoms with van der Waals surface area (Å²) < 4.78 is 1.45. The summed E-state index contributed by atoms with van der Waals surface area (Å²) in [6, 6.07) is 5.91. The summed E-state index contributed by atoms with van der Waals surface area (Å²) in [5, 5.41) is 33.7. The molecule has 42 heavy (non-hydrogen) atoms. The number of carboxylic acids is 1. The second-order valence-corrected chi connectivity index (χ2v) is 11.7. The number of fused-ring (bicyclic) bond motifs is 1. The summed E-state index contributed by atoms with van der Waals surface area (Å²) in [5.41, 5.74) is -0.551. The first kappa shape index (κ1) is 29.3. The normalized spacial score (nSPS) is 18.6. The van der Waals surface area contributed by atoms with Crippen LogP contribution >= 0.6 is 35.3 Å². The smallest absolute Gasteiger partial charge is 0.352 e. The van der Waals surface area contributed by atoms with Crippen molar-refractivity contribution in [2.45, 2.75) is 27.8 Å². The molecule has 3 amide bonds. The van der Waals surface area contributed by atoms with Crippen LogP contribution in [-0.4, -0.2) is 98.3 Å². The lowest BCUT2D eigenvalue weighted by atomic mass is 10.0. The lowest BCUT2D eigenvalue weighted by Gasteiger charge is -2.49. The number of carbonyl (C=O) groups excluding carboxylic acids is 3. The van der Waals surface area contributed by atoms with Gasteiger partial charge in [-0.15, -0.1) is 27.1 Å². The largest absolute Gasteiger partial charge is 0.477 e. The molecule has 0 spiro atoms. The minimum absolute atomic E-state index is 0.142. The van der Waals surface area contributed by atoms with Crippen molar-refractivity contribution in [2.24, 2.45) is 7.05 Å². The number of nitrogens with one attached hydrogen (secondary N) is 3. The Bertz CT molecular complexity index is 1640. The third-order valence-corrected chi connectivity index (χ3v) is 9.27. The van der Waals surface area contributed by atoms with E-state index in [4.69, 9.17) is 0 Å². The Balaban J connectivity index is 1.33. The highest BCUT2D eigenvalue weighted by molar-refractivity contribution is 8.01. The van der Waals surface area contributed by atoms with Crippen LogP contribution in [0, 0.1) is 0 Å². The van der Waals surface area contributed by atoms with Crippen LogP contribution in [0.15, 0.2) is 56.7 Å². The van der Waals surface area contributed by atoms with Crippen LogP contribution in [0.3, 0.4) is 0 Å². The maximum atomic E-state index is 13.5. The Labute approximate surface area is 249 Å². The van der Waals surface area contributed by atoms with Gasteiger partial charge in [0.2, 0.25) is 16.8 Å². The Morgan fingerprint density at radius 3 is 2.60 bits per heavy atom. The van der Waals surface area contributed by atoms with Crippen LogP contribution in [0.25, 0.3) is 0 Å². The number of carboxylic acid groups (broad SMARTS) is 1. The van der Waals surface area contributed by atoms with E-state index < -0.39 is 52.4 Å². The van der Waals surface area contributed by atoms with E-state index in [1.807, 2.05) is 0 Å². The molecule has 1 aromatic carbocycles. The lowest BCUT2D eigenvalue weighted by Crippen LogP contribution is -2.71. The van der Waals surface area contributed by atoms with Crippen LogP contribution in [0.2, 0.25) is 0 Å². The number of aryl methyl sites for hydroxylation is 1. The summed E-state index contributed by atoms with van der Waals surface area (Å²) in [5.74, 6) is -2.99.